The molecule has 1 fully saturated rings. The van der Waals surface area contributed by atoms with Gasteiger partial charge in [0.15, 0.2) is 5.65 Å². The van der Waals surface area contributed by atoms with Gasteiger partial charge in [0, 0.05) is 30.1 Å². The normalized spacial score (nSPS) is 15.5. The van der Waals surface area contributed by atoms with Gasteiger partial charge in [-0.2, -0.15) is 5.10 Å². The van der Waals surface area contributed by atoms with Gasteiger partial charge in [-0.25, -0.2) is 13.9 Å². The lowest BCUT2D eigenvalue weighted by Gasteiger charge is -2.18. The molecule has 0 bridgehead atoms. The van der Waals surface area contributed by atoms with Crippen LogP contribution in [0.15, 0.2) is 59.9 Å². The number of fused-ring (bicyclic) bond motifs is 1. The van der Waals surface area contributed by atoms with E-state index in [1.807, 2.05) is 31.2 Å². The fraction of sp³-hybridized carbons (Fsp3) is 0.320. The van der Waals surface area contributed by atoms with Crippen LogP contribution >= 0.6 is 15.9 Å². The third-order valence-electron chi connectivity index (χ3n) is 5.72. The zero-order chi connectivity index (χ0) is 23.6. The highest BCUT2D eigenvalue weighted by Crippen LogP contribution is 2.28. The number of alkyl halides is 1. The van der Waals surface area contributed by atoms with Gasteiger partial charge in [-0.15, -0.1) is 0 Å². The van der Waals surface area contributed by atoms with Gasteiger partial charge in [-0.1, -0.05) is 24.8 Å². The smallest absolute Gasteiger partial charge is 0.251 e. The Morgan fingerprint density at radius 3 is 2.85 bits per heavy atom. The minimum absolute atomic E-state index is 0.0339. The molecule has 2 N–H and O–H groups in total. The van der Waals surface area contributed by atoms with Crippen molar-refractivity contribution in [2.24, 2.45) is 0 Å². The van der Waals surface area contributed by atoms with E-state index in [2.05, 4.69) is 43.2 Å². The molecule has 1 unspecified atom stereocenters. The number of hydrogen-bond donors (Lipinski definition) is 2. The van der Waals surface area contributed by atoms with Crippen LogP contribution < -0.4 is 10.6 Å². The van der Waals surface area contributed by atoms with Crippen molar-refractivity contribution in [3.05, 3.63) is 71.0 Å². The van der Waals surface area contributed by atoms with E-state index < -0.39 is 5.67 Å². The van der Waals surface area contributed by atoms with Crippen molar-refractivity contribution in [3.8, 4) is 11.3 Å². The molecule has 1 atom stereocenters. The SMILES string of the molecule is C=CC(F)(C=CC)CCNc1cc(Br)nn2c(-c3ccc(C(=O)NC4CC4)c(C)c3)cnc12. The number of nitrogens with zero attached hydrogens (tertiary/aromatic N) is 3. The molecule has 1 aromatic carbocycles. The summed E-state index contributed by atoms with van der Waals surface area (Å²) in [5.41, 5.74) is 3.08. The Bertz CT molecular complexity index is 1230. The minimum Gasteiger partial charge on any atom is -0.382 e. The number of anilines is 1. The highest BCUT2D eigenvalue weighted by Gasteiger charge is 2.25. The van der Waals surface area contributed by atoms with E-state index in [4.69, 9.17) is 0 Å². The molecular formula is C25H27BrFN5O. The number of amides is 1. The van der Waals surface area contributed by atoms with Crippen LogP contribution in [-0.2, 0) is 0 Å². The fourth-order valence-corrected chi connectivity index (χ4v) is 4.14. The Kier molecular flexibility index (Phi) is 6.65. The van der Waals surface area contributed by atoms with Gasteiger partial charge < -0.3 is 10.6 Å². The summed E-state index contributed by atoms with van der Waals surface area (Å²) in [7, 11) is 0. The van der Waals surface area contributed by atoms with Gasteiger partial charge in [0.1, 0.15) is 10.3 Å². The molecule has 33 heavy (non-hydrogen) atoms. The lowest BCUT2D eigenvalue weighted by Crippen LogP contribution is -2.26. The van der Waals surface area contributed by atoms with Crippen LogP contribution in [0.1, 0.15) is 42.1 Å². The Morgan fingerprint density at radius 1 is 1.39 bits per heavy atom. The molecule has 8 heteroatoms. The van der Waals surface area contributed by atoms with Crippen molar-refractivity contribution in [2.75, 3.05) is 11.9 Å². The molecule has 172 valence electrons. The van der Waals surface area contributed by atoms with E-state index in [1.165, 1.54) is 12.2 Å². The number of carbonyl (C=O) groups excluding carboxylic acids is 1. The number of benzene rings is 1. The van der Waals surface area contributed by atoms with Crippen LogP contribution in [0.25, 0.3) is 16.9 Å². The molecule has 6 nitrogen and oxygen atoms in total. The molecule has 0 aliphatic heterocycles. The topological polar surface area (TPSA) is 71.3 Å². The molecule has 3 aromatic rings. The lowest BCUT2D eigenvalue weighted by molar-refractivity contribution is 0.0950. The molecule has 1 saturated carbocycles. The number of aryl methyl sites for hydroxylation is 1. The van der Waals surface area contributed by atoms with Crippen LogP contribution in [0.3, 0.4) is 0 Å². The van der Waals surface area contributed by atoms with Crippen molar-refractivity contribution < 1.29 is 9.18 Å². The second-order valence-electron chi connectivity index (χ2n) is 8.34. The zero-order valence-electron chi connectivity index (χ0n) is 18.7. The van der Waals surface area contributed by atoms with Gasteiger partial charge in [0.2, 0.25) is 0 Å². The van der Waals surface area contributed by atoms with Crippen LogP contribution in [0.5, 0.6) is 0 Å². The average molecular weight is 512 g/mol. The summed E-state index contributed by atoms with van der Waals surface area (Å²) in [5, 5.41) is 10.9. The first-order valence-corrected chi connectivity index (χ1v) is 11.8. The highest BCUT2D eigenvalue weighted by atomic mass is 79.9. The Balaban J connectivity index is 1.59. The highest BCUT2D eigenvalue weighted by molar-refractivity contribution is 9.10. The van der Waals surface area contributed by atoms with Gasteiger partial charge >= 0.3 is 0 Å². The summed E-state index contributed by atoms with van der Waals surface area (Å²) >= 11 is 3.46. The predicted octanol–water partition coefficient (Wildman–Crippen LogP) is 5.63. The number of imidazole rings is 1. The van der Waals surface area contributed by atoms with Crippen molar-refractivity contribution >= 4 is 33.2 Å². The standard InChI is InChI=1S/C25H27BrFN5O/c1-4-10-25(27,5-2)11-12-28-20-14-22(26)31-32-21(15-29-23(20)32)17-6-9-19(16(3)13-17)24(33)30-18-7-8-18/h4-6,9-10,13-15,18,28H,2,7-8,11-12H2,1,3H3,(H,30,33). The largest absolute Gasteiger partial charge is 0.382 e. The third kappa shape index (κ3) is 5.16. The second kappa shape index (κ2) is 9.47. The quantitative estimate of drug-likeness (QED) is 0.365. The summed E-state index contributed by atoms with van der Waals surface area (Å²) in [5.74, 6) is -0.0339. The van der Waals surface area contributed by atoms with E-state index >= 15 is 0 Å². The molecule has 1 aliphatic rings. The number of aromatic nitrogens is 3. The van der Waals surface area contributed by atoms with Crippen molar-refractivity contribution in [2.45, 2.75) is 44.8 Å². The third-order valence-corrected chi connectivity index (χ3v) is 6.11. The molecule has 2 aromatic heterocycles. The lowest BCUT2D eigenvalue weighted by atomic mass is 10.0. The van der Waals surface area contributed by atoms with E-state index in [-0.39, 0.29) is 12.3 Å². The number of hydrogen-bond acceptors (Lipinski definition) is 4. The van der Waals surface area contributed by atoms with Gasteiger partial charge in [-0.3, -0.25) is 4.79 Å². The van der Waals surface area contributed by atoms with Gasteiger partial charge in [0.05, 0.1) is 17.6 Å². The molecule has 0 spiro atoms. The van der Waals surface area contributed by atoms with E-state index in [1.54, 1.807) is 23.7 Å². The number of carbonyl (C=O) groups is 1. The van der Waals surface area contributed by atoms with Crippen molar-refractivity contribution in [1.29, 1.82) is 0 Å². The first-order valence-electron chi connectivity index (χ1n) is 11.0. The molecular weight excluding hydrogens is 485 g/mol. The minimum atomic E-state index is -1.56. The molecule has 1 amide bonds. The number of allylic oxidation sites excluding steroid dienone is 3. The summed E-state index contributed by atoms with van der Waals surface area (Å²) in [6.45, 7) is 7.72. The Morgan fingerprint density at radius 2 is 2.18 bits per heavy atom. The first-order chi connectivity index (χ1) is 15.8. The fourth-order valence-electron chi connectivity index (χ4n) is 3.75. The average Bonchev–Trinajstić information content (AvgIpc) is 3.49. The number of nitrogens with one attached hydrogen (secondary N) is 2. The molecule has 4 rings (SSSR count). The zero-order valence-corrected chi connectivity index (χ0v) is 20.3. The molecule has 0 saturated heterocycles. The van der Waals surface area contributed by atoms with E-state index in [0.29, 0.717) is 28.4 Å². The first kappa shape index (κ1) is 23.2. The second-order valence-corrected chi connectivity index (χ2v) is 9.16. The number of halogens is 2. The predicted molar refractivity (Wildman–Crippen MR) is 133 cm³/mol. The van der Waals surface area contributed by atoms with Gasteiger partial charge in [-0.05, 0) is 72.5 Å². The van der Waals surface area contributed by atoms with E-state index in [0.717, 1.165) is 35.3 Å². The van der Waals surface area contributed by atoms with Crippen LogP contribution in [0.2, 0.25) is 0 Å². The molecule has 0 radical (unpaired) electrons. The molecule has 1 aliphatic carbocycles. The maximum Gasteiger partial charge on any atom is 0.251 e. The maximum atomic E-state index is 14.7. The summed E-state index contributed by atoms with van der Waals surface area (Å²) in [6, 6.07) is 7.86. The summed E-state index contributed by atoms with van der Waals surface area (Å²) in [6.07, 6.45) is 8.60. The molecule has 2 heterocycles. The number of rotatable bonds is 9. The van der Waals surface area contributed by atoms with Crippen molar-refractivity contribution in [1.82, 2.24) is 19.9 Å². The monoisotopic (exact) mass is 511 g/mol. The van der Waals surface area contributed by atoms with Crippen LogP contribution in [0.4, 0.5) is 10.1 Å². The Labute approximate surface area is 201 Å². The van der Waals surface area contributed by atoms with Crippen LogP contribution in [0, 0.1) is 6.92 Å². The maximum absolute atomic E-state index is 14.7. The van der Waals surface area contributed by atoms with E-state index in [9.17, 15) is 9.18 Å². The summed E-state index contributed by atoms with van der Waals surface area (Å²) < 4.78 is 17.1. The van der Waals surface area contributed by atoms with Crippen molar-refractivity contribution in [3.63, 3.8) is 0 Å². The Hall–Kier alpha value is -3.00. The summed E-state index contributed by atoms with van der Waals surface area (Å²) in [4.78, 5) is 17.0. The van der Waals surface area contributed by atoms with Crippen LogP contribution in [-0.4, -0.2) is 38.8 Å². The van der Waals surface area contributed by atoms with Gasteiger partial charge in [0.25, 0.3) is 5.91 Å².